The van der Waals surface area contributed by atoms with Crippen molar-refractivity contribution in [1.29, 1.82) is 0 Å². The van der Waals surface area contributed by atoms with Gasteiger partial charge in [0.05, 0.1) is 14.2 Å². The molecule has 54 heavy (non-hydrogen) atoms. The van der Waals surface area contributed by atoms with E-state index in [9.17, 15) is 133 Å². The Bertz CT molecular complexity index is 1270. The van der Waals surface area contributed by atoms with Crippen molar-refractivity contribution in [3.8, 4) is 0 Å². The van der Waals surface area contributed by atoms with Crippen LogP contribution >= 0.6 is 0 Å². The molecular weight excluding hydrogens is 876 g/mol. The van der Waals surface area contributed by atoms with Crippen LogP contribution in [0, 0.1) is 0 Å². The summed E-state index contributed by atoms with van der Waals surface area (Å²) in [5, 5.41) is 0. The maximum atomic E-state index is 13.7. The van der Waals surface area contributed by atoms with Crippen molar-refractivity contribution < 1.29 is 161 Å². The van der Waals surface area contributed by atoms with E-state index in [1.807, 2.05) is 0 Å². The van der Waals surface area contributed by atoms with Crippen molar-refractivity contribution in [2.24, 2.45) is 0 Å². The molecule has 0 aromatic carbocycles. The van der Waals surface area contributed by atoms with Gasteiger partial charge in [0.15, 0.2) is 0 Å². The van der Waals surface area contributed by atoms with E-state index in [2.05, 4.69) is 9.47 Å². The smallest absolute Gasteiger partial charge is 0.453 e. The van der Waals surface area contributed by atoms with E-state index in [0.29, 0.717) is 0 Å². The lowest BCUT2D eigenvalue weighted by Gasteiger charge is -2.40. The first kappa shape index (κ1) is 50.8. The molecule has 0 spiro atoms. The standard InChI is InChI=1S/C18H6F28O8/c1-49-3(47)5(19,20)7(23,24)11(31,32)51-15(39,40)17(43,44)53-13(35,36)9(27,28)10(29,30)14(37,38)54-18(45,46)16(41,42)52-12(33,34)8(25,26)6(21,22)4(48)50-2/h1-2H3. The minimum absolute atomic E-state index is 0.325. The molecule has 0 aromatic rings. The highest BCUT2D eigenvalue weighted by Crippen LogP contribution is 2.59. The number of carbonyl (C=O) groups is 2. The molecule has 0 saturated carbocycles. The zero-order valence-electron chi connectivity index (χ0n) is 23.8. The first-order chi connectivity index (χ1) is 23.0. The molecule has 0 saturated heterocycles. The zero-order valence-corrected chi connectivity index (χ0v) is 23.8. The van der Waals surface area contributed by atoms with E-state index < -0.39 is 96.3 Å². The Morgan fingerprint density at radius 3 is 0.574 bits per heavy atom. The van der Waals surface area contributed by atoms with Crippen LogP contribution in [-0.2, 0) is 38.0 Å². The van der Waals surface area contributed by atoms with Gasteiger partial charge in [-0.1, -0.05) is 0 Å². The lowest BCUT2D eigenvalue weighted by molar-refractivity contribution is -0.571. The Morgan fingerprint density at radius 1 is 0.278 bits per heavy atom. The van der Waals surface area contributed by atoms with Crippen LogP contribution in [0.1, 0.15) is 0 Å². The van der Waals surface area contributed by atoms with Gasteiger partial charge in [0, 0.05) is 0 Å². The van der Waals surface area contributed by atoms with E-state index in [0.717, 1.165) is 18.9 Å². The van der Waals surface area contributed by atoms with E-state index in [4.69, 9.17) is 0 Å². The van der Waals surface area contributed by atoms with Gasteiger partial charge in [-0.3, -0.25) is 0 Å². The minimum atomic E-state index is -9.10. The molecule has 0 atom stereocenters. The molecule has 0 unspecified atom stereocenters. The van der Waals surface area contributed by atoms with E-state index in [1.165, 1.54) is 0 Å². The molecular formula is C18H6F28O8. The summed E-state index contributed by atoms with van der Waals surface area (Å²) in [6, 6.07) is 0. The number of esters is 2. The minimum Gasteiger partial charge on any atom is -0.464 e. The summed E-state index contributed by atoms with van der Waals surface area (Å²) in [7, 11) is -0.651. The van der Waals surface area contributed by atoms with Gasteiger partial charge in [-0.25, -0.2) is 28.5 Å². The Hall–Kier alpha value is -3.18. The highest BCUT2D eigenvalue weighted by atomic mass is 19.4. The SMILES string of the molecule is COC(=O)C(F)(F)C(F)(F)C(F)(F)OC(F)(F)C(F)(F)OC(F)(F)C(F)(F)C(F)(F)C(F)(F)OC(F)(F)C(F)(F)OC(F)(F)C(F)(F)C(F)(F)C(=O)OC. The maximum Gasteiger partial charge on any atom is 0.453 e. The van der Waals surface area contributed by atoms with Gasteiger partial charge in [-0.2, -0.15) is 123 Å². The van der Waals surface area contributed by atoms with Gasteiger partial charge in [0.25, 0.3) is 0 Å². The van der Waals surface area contributed by atoms with Crippen LogP contribution in [-0.4, -0.2) is 111 Å². The van der Waals surface area contributed by atoms with Gasteiger partial charge in [0.1, 0.15) is 0 Å². The number of carbonyl (C=O) groups excluding carboxylic acids is 2. The summed E-state index contributed by atoms with van der Waals surface area (Å²) in [5.74, 6) is -56.0. The molecule has 0 amide bonds. The van der Waals surface area contributed by atoms with E-state index in [1.54, 1.807) is 0 Å². The second kappa shape index (κ2) is 13.8. The summed E-state index contributed by atoms with van der Waals surface area (Å²) in [5.41, 5.74) is 0. The van der Waals surface area contributed by atoms with Gasteiger partial charge < -0.3 is 9.47 Å². The predicted octanol–water partition coefficient (Wildman–Crippen LogP) is 7.95. The van der Waals surface area contributed by atoms with Crippen molar-refractivity contribution in [2.45, 2.75) is 84.4 Å². The lowest BCUT2D eigenvalue weighted by atomic mass is 10.1. The molecule has 0 aliphatic heterocycles. The normalized spacial score (nSPS) is 16.0. The summed E-state index contributed by atoms with van der Waals surface area (Å²) in [6.45, 7) is 0. The monoisotopic (exact) mass is 882 g/mol. The third-order valence-electron chi connectivity index (χ3n) is 5.23. The van der Waals surface area contributed by atoms with E-state index in [-0.39, 0.29) is 14.2 Å². The largest absolute Gasteiger partial charge is 0.464 e. The number of alkyl halides is 28. The number of halogens is 28. The summed E-state index contributed by atoms with van der Waals surface area (Å²) in [4.78, 5) is 21.1. The highest BCUT2D eigenvalue weighted by molar-refractivity contribution is 5.79. The molecule has 0 aromatic heterocycles. The number of hydrogen-bond donors (Lipinski definition) is 0. The fourth-order valence-corrected chi connectivity index (χ4v) is 2.38. The number of hydrogen-bond acceptors (Lipinski definition) is 8. The first-order valence-corrected chi connectivity index (χ1v) is 11.3. The van der Waals surface area contributed by atoms with Crippen molar-refractivity contribution in [1.82, 2.24) is 0 Å². The van der Waals surface area contributed by atoms with Crippen LogP contribution in [0.15, 0.2) is 0 Å². The topological polar surface area (TPSA) is 89.5 Å². The van der Waals surface area contributed by atoms with E-state index >= 15 is 0 Å². The molecule has 0 bridgehead atoms. The maximum absolute atomic E-state index is 13.7. The molecule has 0 radical (unpaired) electrons. The van der Waals surface area contributed by atoms with Crippen LogP contribution in [0.2, 0.25) is 0 Å². The van der Waals surface area contributed by atoms with Crippen LogP contribution in [0.3, 0.4) is 0 Å². The average Bonchev–Trinajstić information content (AvgIpc) is 2.92. The highest BCUT2D eigenvalue weighted by Gasteiger charge is 2.88. The first-order valence-electron chi connectivity index (χ1n) is 11.3. The third-order valence-corrected chi connectivity index (χ3v) is 5.23. The fourth-order valence-electron chi connectivity index (χ4n) is 2.38. The Labute approximate surface area is 273 Å². The summed E-state index contributed by atoms with van der Waals surface area (Å²) < 4.78 is 387. The van der Waals surface area contributed by atoms with Crippen molar-refractivity contribution >= 4 is 11.9 Å². The van der Waals surface area contributed by atoms with Crippen LogP contribution in [0.4, 0.5) is 123 Å². The van der Waals surface area contributed by atoms with Gasteiger partial charge >= 0.3 is 96.3 Å². The molecule has 0 N–H and O–H groups in total. The molecule has 0 rings (SSSR count). The molecule has 36 heteroatoms. The van der Waals surface area contributed by atoms with Crippen molar-refractivity contribution in [2.75, 3.05) is 14.2 Å². The van der Waals surface area contributed by atoms with Crippen LogP contribution in [0.5, 0.6) is 0 Å². The molecule has 0 aliphatic carbocycles. The molecule has 8 nitrogen and oxygen atoms in total. The van der Waals surface area contributed by atoms with Crippen LogP contribution in [0.25, 0.3) is 0 Å². The number of methoxy groups -OCH3 is 2. The Kier molecular flexibility index (Phi) is 13.0. The predicted molar refractivity (Wildman–Crippen MR) is 97.6 cm³/mol. The second-order valence-corrected chi connectivity index (χ2v) is 8.97. The second-order valence-electron chi connectivity index (χ2n) is 8.97. The summed E-state index contributed by atoms with van der Waals surface area (Å²) in [6.07, 6.45) is -67.3. The van der Waals surface area contributed by atoms with Crippen LogP contribution < -0.4 is 0 Å². The van der Waals surface area contributed by atoms with Gasteiger partial charge in [0.2, 0.25) is 0 Å². The van der Waals surface area contributed by atoms with Crippen molar-refractivity contribution in [3.63, 3.8) is 0 Å². The Morgan fingerprint density at radius 2 is 0.426 bits per heavy atom. The number of rotatable bonds is 19. The lowest BCUT2D eigenvalue weighted by Crippen LogP contribution is -2.68. The fraction of sp³-hybridized carbons (Fsp3) is 0.889. The third kappa shape index (κ3) is 8.04. The molecule has 0 heterocycles. The Balaban J connectivity index is 6.75. The van der Waals surface area contributed by atoms with Gasteiger partial charge in [-0.15, -0.1) is 0 Å². The molecule has 0 fully saturated rings. The van der Waals surface area contributed by atoms with Crippen molar-refractivity contribution in [3.05, 3.63) is 0 Å². The molecule has 0 aliphatic rings. The molecule has 322 valence electrons. The number of ether oxygens (including phenoxy) is 6. The van der Waals surface area contributed by atoms with Gasteiger partial charge in [-0.05, 0) is 0 Å². The zero-order chi connectivity index (χ0) is 44.4. The average molecular weight is 882 g/mol. The summed E-state index contributed by atoms with van der Waals surface area (Å²) >= 11 is 0. The quantitative estimate of drug-likeness (QED) is 0.0955.